The Hall–Kier alpha value is -1.64. The van der Waals surface area contributed by atoms with Gasteiger partial charge in [-0.05, 0) is 0 Å². The molecular weight excluding hydrogens is 210 g/mol. The Morgan fingerprint density at radius 1 is 1.27 bits per heavy atom. The van der Waals surface area contributed by atoms with Crippen LogP contribution in [0.1, 0.15) is 13.8 Å². The number of rotatable bonds is 5. The van der Waals surface area contributed by atoms with Crippen LogP contribution in [0.2, 0.25) is 0 Å². The van der Waals surface area contributed by atoms with Crippen LogP contribution in [0.15, 0.2) is 0 Å². The van der Waals surface area contributed by atoms with Crippen LogP contribution in [0.25, 0.3) is 0 Å². The SMILES string of the molecule is C[NH2+]CC(C)(C)CO[N+](=O)[O-].O=[N+]([O-])[O-]. The monoisotopic (exact) mass is 225 g/mol. The second-order valence-electron chi connectivity index (χ2n) is 3.50. The van der Waals surface area contributed by atoms with Gasteiger partial charge in [-0.3, -0.25) is 0 Å². The highest BCUT2D eigenvalue weighted by Gasteiger charge is 2.20. The molecule has 0 aromatic heterocycles. The van der Waals surface area contributed by atoms with Crippen molar-refractivity contribution in [3.05, 3.63) is 25.4 Å². The van der Waals surface area contributed by atoms with Crippen molar-refractivity contribution in [2.75, 3.05) is 20.2 Å². The molecule has 0 saturated heterocycles. The second-order valence-corrected chi connectivity index (χ2v) is 3.50. The summed E-state index contributed by atoms with van der Waals surface area (Å²) in [4.78, 5) is 22.3. The standard InChI is InChI=1S/C6H14N2O3.NO3/c1-6(2,4-7-3)5-11-8(9)10;2-1(3)4/h7H,4-5H2,1-3H3;/q;-1/p+1. The highest BCUT2D eigenvalue weighted by Crippen LogP contribution is 2.11. The topological polar surface area (TPSA) is 135 Å². The molecule has 0 bridgehead atoms. The highest BCUT2D eigenvalue weighted by atomic mass is 16.9. The summed E-state index contributed by atoms with van der Waals surface area (Å²) in [5.41, 5.74) is -0.137. The summed E-state index contributed by atoms with van der Waals surface area (Å²) >= 11 is 0. The van der Waals surface area contributed by atoms with Gasteiger partial charge < -0.3 is 25.5 Å². The molecule has 0 spiro atoms. The fraction of sp³-hybridized carbons (Fsp3) is 1.00. The molecule has 0 rings (SSSR count). The molecule has 0 unspecified atom stereocenters. The highest BCUT2D eigenvalue weighted by molar-refractivity contribution is 4.63. The minimum atomic E-state index is -1.75. The van der Waals surface area contributed by atoms with E-state index < -0.39 is 10.2 Å². The first-order valence-corrected chi connectivity index (χ1v) is 4.08. The maximum atomic E-state index is 9.82. The summed E-state index contributed by atoms with van der Waals surface area (Å²) < 4.78 is 0. The van der Waals surface area contributed by atoms with Crippen LogP contribution in [0.3, 0.4) is 0 Å². The zero-order chi connectivity index (χ0) is 12.5. The number of nitrogens with zero attached hydrogens (tertiary/aromatic N) is 2. The molecule has 0 heterocycles. The van der Waals surface area contributed by atoms with E-state index in [1.165, 1.54) is 0 Å². The van der Waals surface area contributed by atoms with E-state index in [0.29, 0.717) is 0 Å². The Morgan fingerprint density at radius 3 is 1.93 bits per heavy atom. The minimum absolute atomic E-state index is 0.137. The van der Waals surface area contributed by atoms with Crippen LogP contribution >= 0.6 is 0 Å². The molecule has 2 N–H and O–H groups in total. The lowest BCUT2D eigenvalue weighted by atomic mass is 9.95. The molecule has 0 radical (unpaired) electrons. The molecule has 0 aromatic carbocycles. The van der Waals surface area contributed by atoms with E-state index in [1.807, 2.05) is 26.2 Å². The first kappa shape index (κ1) is 15.8. The van der Waals surface area contributed by atoms with Gasteiger partial charge >= 0.3 is 0 Å². The van der Waals surface area contributed by atoms with E-state index in [0.717, 1.165) is 6.54 Å². The molecule has 0 fully saturated rings. The summed E-state index contributed by atoms with van der Waals surface area (Å²) in [7, 11) is 1.92. The lowest BCUT2D eigenvalue weighted by Crippen LogP contribution is -2.82. The van der Waals surface area contributed by atoms with Crippen molar-refractivity contribution in [2.45, 2.75) is 13.8 Å². The van der Waals surface area contributed by atoms with Gasteiger partial charge in [-0.1, -0.05) is 13.8 Å². The van der Waals surface area contributed by atoms with E-state index >= 15 is 0 Å². The van der Waals surface area contributed by atoms with Crippen LogP contribution < -0.4 is 5.32 Å². The van der Waals surface area contributed by atoms with Crippen LogP contribution in [0.5, 0.6) is 0 Å². The average Bonchev–Trinajstić information content (AvgIpc) is 2.00. The third kappa shape index (κ3) is 19.0. The van der Waals surface area contributed by atoms with Crippen LogP contribution in [-0.4, -0.2) is 30.4 Å². The predicted octanol–water partition coefficient (Wildman–Crippen LogP) is -0.825. The minimum Gasteiger partial charge on any atom is -0.356 e. The van der Waals surface area contributed by atoms with E-state index in [1.54, 1.807) is 0 Å². The molecule has 0 aromatic rings. The van der Waals surface area contributed by atoms with Crippen molar-refractivity contribution >= 4 is 0 Å². The predicted molar refractivity (Wildman–Crippen MR) is 49.8 cm³/mol. The number of hydrogen-bond acceptors (Lipinski definition) is 6. The quantitative estimate of drug-likeness (QED) is 0.479. The zero-order valence-electron chi connectivity index (χ0n) is 8.84. The molecule has 0 aliphatic carbocycles. The van der Waals surface area contributed by atoms with Gasteiger partial charge in [-0.25, -0.2) is 0 Å². The number of nitrogens with two attached hydrogens (primary N) is 1. The third-order valence-corrected chi connectivity index (χ3v) is 1.32. The Bertz CT molecular complexity index is 203. The fourth-order valence-corrected chi connectivity index (χ4v) is 0.839. The molecule has 0 amide bonds. The van der Waals surface area contributed by atoms with Gasteiger partial charge in [0, 0.05) is 5.41 Å². The summed E-state index contributed by atoms with van der Waals surface area (Å²) in [6.45, 7) is 4.83. The Labute approximate surface area is 86.2 Å². The van der Waals surface area contributed by atoms with Crippen molar-refractivity contribution in [1.29, 1.82) is 0 Å². The molecule has 9 heteroatoms. The van der Waals surface area contributed by atoms with E-state index in [9.17, 15) is 10.1 Å². The van der Waals surface area contributed by atoms with Gasteiger partial charge in [0.15, 0.2) is 0 Å². The molecule has 0 aliphatic heterocycles. The molecule has 0 aliphatic rings. The Morgan fingerprint density at radius 2 is 1.67 bits per heavy atom. The first-order valence-electron chi connectivity index (χ1n) is 4.08. The lowest BCUT2D eigenvalue weighted by molar-refractivity contribution is -0.763. The van der Waals surface area contributed by atoms with Crippen molar-refractivity contribution in [1.82, 2.24) is 0 Å². The van der Waals surface area contributed by atoms with Crippen molar-refractivity contribution in [3.8, 4) is 0 Å². The van der Waals surface area contributed by atoms with Gasteiger partial charge in [0.05, 0.1) is 18.7 Å². The molecule has 90 valence electrons. The van der Waals surface area contributed by atoms with Gasteiger partial charge in [0.1, 0.15) is 6.61 Å². The summed E-state index contributed by atoms with van der Waals surface area (Å²) in [5.74, 6) is 0. The van der Waals surface area contributed by atoms with Crippen molar-refractivity contribution in [3.63, 3.8) is 0 Å². The second kappa shape index (κ2) is 7.74. The maximum absolute atomic E-state index is 9.82. The normalized spacial score (nSPS) is 9.80. The van der Waals surface area contributed by atoms with Crippen LogP contribution in [-0.2, 0) is 4.84 Å². The van der Waals surface area contributed by atoms with E-state index in [4.69, 9.17) is 15.3 Å². The van der Waals surface area contributed by atoms with E-state index in [2.05, 4.69) is 4.84 Å². The lowest BCUT2D eigenvalue weighted by Gasteiger charge is -2.19. The molecule has 15 heavy (non-hydrogen) atoms. The van der Waals surface area contributed by atoms with E-state index in [-0.39, 0.29) is 12.0 Å². The molecule has 9 nitrogen and oxygen atoms in total. The van der Waals surface area contributed by atoms with Crippen molar-refractivity contribution < 1.29 is 20.3 Å². The summed E-state index contributed by atoms with van der Waals surface area (Å²) in [5, 5.41) is 25.8. The largest absolute Gasteiger partial charge is 0.356 e. The van der Waals surface area contributed by atoms with Gasteiger partial charge in [0.25, 0.3) is 5.09 Å². The van der Waals surface area contributed by atoms with Crippen molar-refractivity contribution in [2.24, 2.45) is 5.41 Å². The molecular formula is C6H15N3O6. The smallest absolute Gasteiger partial charge is 0.294 e. The Kier molecular flexibility index (Phi) is 8.16. The number of quaternary nitrogens is 1. The fourth-order valence-electron chi connectivity index (χ4n) is 0.839. The average molecular weight is 225 g/mol. The van der Waals surface area contributed by atoms with Gasteiger partial charge in [0.2, 0.25) is 0 Å². The zero-order valence-corrected chi connectivity index (χ0v) is 8.84. The van der Waals surface area contributed by atoms with Crippen LogP contribution in [0.4, 0.5) is 0 Å². The molecule has 0 saturated carbocycles. The van der Waals surface area contributed by atoms with Gasteiger partial charge in [-0.2, -0.15) is 0 Å². The first-order chi connectivity index (χ1) is 6.71. The summed E-state index contributed by atoms with van der Waals surface area (Å²) in [6.07, 6.45) is 0. The van der Waals surface area contributed by atoms with Crippen LogP contribution in [0, 0.1) is 30.9 Å². The third-order valence-electron chi connectivity index (χ3n) is 1.32. The molecule has 0 atom stereocenters. The maximum Gasteiger partial charge on any atom is 0.294 e. The Balaban J connectivity index is 0. The summed E-state index contributed by atoms with van der Waals surface area (Å²) in [6, 6.07) is 0. The number of hydrogen-bond donors (Lipinski definition) is 1. The van der Waals surface area contributed by atoms with Gasteiger partial charge in [-0.15, -0.1) is 10.1 Å².